The zero-order valence-corrected chi connectivity index (χ0v) is 12.5. The summed E-state index contributed by atoms with van der Waals surface area (Å²) in [4.78, 5) is 1.30. The highest BCUT2D eigenvalue weighted by Gasteiger charge is 2.13. The lowest BCUT2D eigenvalue weighted by atomic mass is 10.0. The highest BCUT2D eigenvalue weighted by molar-refractivity contribution is 7.98. The molecule has 2 unspecified atom stereocenters. The number of rotatable bonds is 6. The van der Waals surface area contributed by atoms with Gasteiger partial charge in [0.25, 0.3) is 0 Å². The van der Waals surface area contributed by atoms with Crippen molar-refractivity contribution in [3.63, 3.8) is 0 Å². The standard InChI is InChI=1S/C17H22OS/c1-3-17(15-9-11-16(19-2)12-10-15)18-13-14-7-5-4-6-8-14/h4-7,9-12,14,17H,3,8,13H2,1-2H3. The van der Waals surface area contributed by atoms with Crippen LogP contribution in [0.5, 0.6) is 0 Å². The Kier molecular flexibility index (Phi) is 5.74. The Labute approximate surface area is 120 Å². The molecule has 0 N–H and O–H groups in total. The van der Waals surface area contributed by atoms with Crippen LogP contribution in [-0.2, 0) is 4.74 Å². The molecule has 0 spiro atoms. The van der Waals surface area contributed by atoms with Gasteiger partial charge >= 0.3 is 0 Å². The molecule has 0 heterocycles. The molecule has 102 valence electrons. The van der Waals surface area contributed by atoms with E-state index >= 15 is 0 Å². The first-order chi connectivity index (χ1) is 9.33. The van der Waals surface area contributed by atoms with Gasteiger partial charge in [-0.2, -0.15) is 0 Å². The monoisotopic (exact) mass is 274 g/mol. The van der Waals surface area contributed by atoms with Crippen LogP contribution in [0.1, 0.15) is 31.4 Å². The fraction of sp³-hybridized carbons (Fsp3) is 0.412. The summed E-state index contributed by atoms with van der Waals surface area (Å²) in [7, 11) is 0. The van der Waals surface area contributed by atoms with Crippen LogP contribution in [0.2, 0.25) is 0 Å². The van der Waals surface area contributed by atoms with Crippen LogP contribution in [0.15, 0.2) is 53.5 Å². The zero-order valence-electron chi connectivity index (χ0n) is 11.7. The topological polar surface area (TPSA) is 9.23 Å². The Morgan fingerprint density at radius 1 is 1.26 bits per heavy atom. The summed E-state index contributed by atoms with van der Waals surface area (Å²) in [6.07, 6.45) is 13.1. The Bertz CT molecular complexity index is 433. The molecular weight excluding hydrogens is 252 g/mol. The number of benzene rings is 1. The van der Waals surface area contributed by atoms with E-state index in [0.29, 0.717) is 5.92 Å². The van der Waals surface area contributed by atoms with Crippen LogP contribution in [0.25, 0.3) is 0 Å². The van der Waals surface area contributed by atoms with Crippen molar-refractivity contribution in [2.75, 3.05) is 12.9 Å². The fourth-order valence-corrected chi connectivity index (χ4v) is 2.67. The molecule has 0 saturated carbocycles. The van der Waals surface area contributed by atoms with Crippen molar-refractivity contribution in [2.45, 2.75) is 30.8 Å². The molecular formula is C17H22OS. The lowest BCUT2D eigenvalue weighted by molar-refractivity contribution is 0.0347. The molecule has 0 bridgehead atoms. The predicted octanol–water partition coefficient (Wildman–Crippen LogP) is 5.01. The average molecular weight is 274 g/mol. The molecule has 0 aromatic heterocycles. The predicted molar refractivity (Wildman–Crippen MR) is 83.6 cm³/mol. The maximum Gasteiger partial charge on any atom is 0.0822 e. The molecule has 1 aromatic rings. The maximum atomic E-state index is 6.10. The third-order valence-corrected chi connectivity index (χ3v) is 4.18. The summed E-state index contributed by atoms with van der Waals surface area (Å²) in [5.74, 6) is 0.532. The van der Waals surface area contributed by atoms with Crippen LogP contribution < -0.4 is 0 Å². The summed E-state index contributed by atoms with van der Waals surface area (Å²) < 4.78 is 6.10. The summed E-state index contributed by atoms with van der Waals surface area (Å²) in [5, 5.41) is 0. The first-order valence-electron chi connectivity index (χ1n) is 6.92. The number of hydrogen-bond donors (Lipinski definition) is 0. The molecule has 0 fully saturated rings. The average Bonchev–Trinajstić information content (AvgIpc) is 2.49. The van der Waals surface area contributed by atoms with Gasteiger partial charge in [0.05, 0.1) is 12.7 Å². The Hall–Kier alpha value is -0.990. The highest BCUT2D eigenvalue weighted by atomic mass is 32.2. The molecule has 1 aliphatic rings. The number of ether oxygens (including phenoxy) is 1. The van der Waals surface area contributed by atoms with E-state index < -0.39 is 0 Å². The molecule has 2 rings (SSSR count). The third kappa shape index (κ3) is 4.26. The number of thioether (sulfide) groups is 1. The molecule has 0 saturated heterocycles. The van der Waals surface area contributed by atoms with Gasteiger partial charge in [0, 0.05) is 10.8 Å². The number of hydrogen-bond acceptors (Lipinski definition) is 2. The molecule has 2 heteroatoms. The van der Waals surface area contributed by atoms with Crippen LogP contribution >= 0.6 is 11.8 Å². The molecule has 19 heavy (non-hydrogen) atoms. The van der Waals surface area contributed by atoms with Crippen LogP contribution in [-0.4, -0.2) is 12.9 Å². The molecule has 0 aliphatic heterocycles. The highest BCUT2D eigenvalue weighted by Crippen LogP contribution is 2.25. The first-order valence-corrected chi connectivity index (χ1v) is 8.14. The van der Waals surface area contributed by atoms with Crippen molar-refractivity contribution in [1.29, 1.82) is 0 Å². The van der Waals surface area contributed by atoms with E-state index in [2.05, 4.69) is 61.7 Å². The summed E-state index contributed by atoms with van der Waals surface area (Å²) in [6, 6.07) is 8.73. The normalized spacial score (nSPS) is 19.6. The van der Waals surface area contributed by atoms with Crippen molar-refractivity contribution in [3.05, 3.63) is 54.1 Å². The smallest absolute Gasteiger partial charge is 0.0822 e. The minimum Gasteiger partial charge on any atom is -0.373 e. The Balaban J connectivity index is 1.91. The van der Waals surface area contributed by atoms with E-state index in [-0.39, 0.29) is 6.10 Å². The molecule has 1 aliphatic carbocycles. The minimum absolute atomic E-state index is 0.218. The molecule has 1 aromatic carbocycles. The van der Waals surface area contributed by atoms with Gasteiger partial charge in [-0.05, 0) is 36.8 Å². The lowest BCUT2D eigenvalue weighted by Crippen LogP contribution is -2.12. The second-order valence-electron chi connectivity index (χ2n) is 4.81. The third-order valence-electron chi connectivity index (χ3n) is 3.44. The van der Waals surface area contributed by atoms with E-state index in [0.717, 1.165) is 19.4 Å². The first kappa shape index (κ1) is 14.4. The van der Waals surface area contributed by atoms with Crippen molar-refractivity contribution in [1.82, 2.24) is 0 Å². The molecule has 1 nitrogen and oxygen atoms in total. The Morgan fingerprint density at radius 3 is 2.63 bits per heavy atom. The minimum atomic E-state index is 0.218. The second-order valence-corrected chi connectivity index (χ2v) is 5.69. The van der Waals surface area contributed by atoms with E-state index in [1.54, 1.807) is 11.8 Å². The van der Waals surface area contributed by atoms with Crippen LogP contribution in [0.4, 0.5) is 0 Å². The quantitative estimate of drug-likeness (QED) is 0.674. The van der Waals surface area contributed by atoms with Crippen LogP contribution in [0, 0.1) is 5.92 Å². The van der Waals surface area contributed by atoms with Gasteiger partial charge in [0.1, 0.15) is 0 Å². The zero-order chi connectivity index (χ0) is 13.5. The fourth-order valence-electron chi connectivity index (χ4n) is 2.26. The SMILES string of the molecule is CCC(OCC1C=CC=CC1)c1ccc(SC)cc1. The molecule has 0 radical (unpaired) electrons. The summed E-state index contributed by atoms with van der Waals surface area (Å²) in [5.41, 5.74) is 1.29. The number of allylic oxidation sites excluding steroid dienone is 3. The second kappa shape index (κ2) is 7.56. The molecule has 2 atom stereocenters. The van der Waals surface area contributed by atoms with E-state index in [4.69, 9.17) is 4.74 Å². The van der Waals surface area contributed by atoms with Gasteiger partial charge in [0.15, 0.2) is 0 Å². The lowest BCUT2D eigenvalue weighted by Gasteiger charge is -2.20. The van der Waals surface area contributed by atoms with Gasteiger partial charge in [-0.1, -0.05) is 43.4 Å². The van der Waals surface area contributed by atoms with Crippen molar-refractivity contribution < 1.29 is 4.74 Å². The largest absolute Gasteiger partial charge is 0.373 e. The molecule has 0 amide bonds. The summed E-state index contributed by atoms with van der Waals surface area (Å²) >= 11 is 1.78. The van der Waals surface area contributed by atoms with E-state index in [1.807, 2.05) is 0 Å². The van der Waals surface area contributed by atoms with E-state index in [1.165, 1.54) is 10.5 Å². The van der Waals surface area contributed by atoms with E-state index in [9.17, 15) is 0 Å². The summed E-state index contributed by atoms with van der Waals surface area (Å²) in [6.45, 7) is 2.99. The maximum absolute atomic E-state index is 6.10. The van der Waals surface area contributed by atoms with Gasteiger partial charge in [-0.15, -0.1) is 11.8 Å². The van der Waals surface area contributed by atoms with Gasteiger partial charge < -0.3 is 4.74 Å². The van der Waals surface area contributed by atoms with Crippen molar-refractivity contribution in [2.24, 2.45) is 5.92 Å². The van der Waals surface area contributed by atoms with Crippen molar-refractivity contribution in [3.8, 4) is 0 Å². The van der Waals surface area contributed by atoms with Gasteiger partial charge in [-0.3, -0.25) is 0 Å². The van der Waals surface area contributed by atoms with Crippen molar-refractivity contribution >= 4 is 11.8 Å². The van der Waals surface area contributed by atoms with Gasteiger partial charge in [0.2, 0.25) is 0 Å². The van der Waals surface area contributed by atoms with Gasteiger partial charge in [-0.25, -0.2) is 0 Å². The Morgan fingerprint density at radius 2 is 2.05 bits per heavy atom. The van der Waals surface area contributed by atoms with Crippen LogP contribution in [0.3, 0.4) is 0 Å².